The fourth-order valence-electron chi connectivity index (χ4n) is 2.06. The minimum Gasteiger partial charge on any atom is -0.481 e. The van der Waals surface area contributed by atoms with Gasteiger partial charge in [0, 0.05) is 31.0 Å². The third-order valence-electron chi connectivity index (χ3n) is 3.03. The predicted octanol–water partition coefficient (Wildman–Crippen LogP) is 3.16. The summed E-state index contributed by atoms with van der Waals surface area (Å²) in [5.74, 6) is -0.196. The molecule has 0 radical (unpaired) electrons. The van der Waals surface area contributed by atoms with Crippen LogP contribution in [0, 0.1) is 5.92 Å². The maximum absolute atomic E-state index is 10.6. The number of aliphatic carboxylic acids is 1. The molecule has 100 valence electrons. The van der Waals surface area contributed by atoms with E-state index in [1.54, 1.807) is 12.4 Å². The molecule has 1 heterocycles. The van der Waals surface area contributed by atoms with Crippen LogP contribution >= 0.6 is 0 Å². The maximum Gasteiger partial charge on any atom is 0.303 e. The topological polar surface area (TPSA) is 62.2 Å². The molecule has 0 spiro atoms. The Balaban J connectivity index is 2.26. The number of nitrogens with zero attached hydrogens (tertiary/aromatic N) is 1. The van der Waals surface area contributed by atoms with Crippen molar-refractivity contribution in [2.75, 3.05) is 11.9 Å². The number of anilines is 1. The molecular weight excluding hydrogens is 228 g/mol. The molecule has 1 rings (SSSR count). The van der Waals surface area contributed by atoms with Crippen LogP contribution < -0.4 is 5.32 Å². The number of carboxylic acid groups (broad SMARTS) is 1. The van der Waals surface area contributed by atoms with E-state index in [1.807, 2.05) is 12.1 Å². The standard InChI is InChI=1S/C14H22N2O2/c1-2-3-12(4-5-14(17)18)6-11-16-13-7-9-15-10-8-13/h7-10,12H,2-6,11H2,1H3,(H,15,16)(H,17,18). The molecule has 1 atom stereocenters. The fourth-order valence-corrected chi connectivity index (χ4v) is 2.06. The first-order valence-corrected chi connectivity index (χ1v) is 6.58. The largest absolute Gasteiger partial charge is 0.481 e. The number of pyridine rings is 1. The van der Waals surface area contributed by atoms with Crippen molar-refractivity contribution in [1.82, 2.24) is 4.98 Å². The zero-order valence-corrected chi connectivity index (χ0v) is 10.9. The lowest BCUT2D eigenvalue weighted by molar-refractivity contribution is -0.137. The second-order valence-corrected chi connectivity index (χ2v) is 4.54. The molecule has 0 saturated heterocycles. The van der Waals surface area contributed by atoms with Crippen molar-refractivity contribution >= 4 is 11.7 Å². The van der Waals surface area contributed by atoms with Crippen molar-refractivity contribution in [3.63, 3.8) is 0 Å². The Kier molecular flexibility index (Phi) is 6.84. The first-order valence-electron chi connectivity index (χ1n) is 6.58. The molecule has 2 N–H and O–H groups in total. The normalized spacial score (nSPS) is 12.1. The Bertz CT molecular complexity index is 341. The van der Waals surface area contributed by atoms with Crippen LogP contribution in [0.15, 0.2) is 24.5 Å². The van der Waals surface area contributed by atoms with Gasteiger partial charge in [0.25, 0.3) is 0 Å². The van der Waals surface area contributed by atoms with E-state index in [0.717, 1.165) is 37.9 Å². The number of hydrogen-bond acceptors (Lipinski definition) is 3. The lowest BCUT2D eigenvalue weighted by atomic mass is 9.94. The summed E-state index contributed by atoms with van der Waals surface area (Å²) in [4.78, 5) is 14.5. The average molecular weight is 250 g/mol. The molecule has 4 nitrogen and oxygen atoms in total. The lowest BCUT2D eigenvalue weighted by Crippen LogP contribution is -2.11. The van der Waals surface area contributed by atoms with E-state index in [2.05, 4.69) is 17.2 Å². The van der Waals surface area contributed by atoms with Crippen LogP contribution in [0.5, 0.6) is 0 Å². The summed E-state index contributed by atoms with van der Waals surface area (Å²) in [6.07, 6.45) is 7.81. The van der Waals surface area contributed by atoms with Crippen LogP contribution in [0.2, 0.25) is 0 Å². The SMILES string of the molecule is CCCC(CCNc1ccncc1)CCC(=O)O. The van der Waals surface area contributed by atoms with Crippen LogP contribution in [0.4, 0.5) is 5.69 Å². The molecule has 1 unspecified atom stereocenters. The molecule has 0 aromatic carbocycles. The fraction of sp³-hybridized carbons (Fsp3) is 0.571. The summed E-state index contributed by atoms with van der Waals surface area (Å²) in [6.45, 7) is 3.03. The number of carboxylic acids is 1. The number of carbonyl (C=O) groups is 1. The molecule has 1 aromatic rings. The van der Waals surface area contributed by atoms with Crippen LogP contribution in [0.25, 0.3) is 0 Å². The van der Waals surface area contributed by atoms with Gasteiger partial charge in [-0.2, -0.15) is 0 Å². The van der Waals surface area contributed by atoms with Crippen LogP contribution in [-0.4, -0.2) is 22.6 Å². The van der Waals surface area contributed by atoms with Crippen molar-refractivity contribution in [3.8, 4) is 0 Å². The Labute approximate surface area is 108 Å². The zero-order valence-electron chi connectivity index (χ0n) is 10.9. The van der Waals surface area contributed by atoms with Gasteiger partial charge in [0.05, 0.1) is 0 Å². The first-order chi connectivity index (χ1) is 8.72. The number of hydrogen-bond donors (Lipinski definition) is 2. The maximum atomic E-state index is 10.6. The molecule has 0 saturated carbocycles. The highest BCUT2D eigenvalue weighted by Crippen LogP contribution is 2.18. The number of nitrogens with one attached hydrogen (secondary N) is 1. The summed E-state index contributed by atoms with van der Waals surface area (Å²) in [7, 11) is 0. The summed E-state index contributed by atoms with van der Waals surface area (Å²) in [6, 6.07) is 3.87. The van der Waals surface area contributed by atoms with E-state index >= 15 is 0 Å². The molecule has 0 amide bonds. The Hall–Kier alpha value is -1.58. The third kappa shape index (κ3) is 6.23. The Morgan fingerprint density at radius 3 is 2.67 bits per heavy atom. The molecule has 0 aliphatic rings. The minimum absolute atomic E-state index is 0.278. The van der Waals surface area contributed by atoms with E-state index in [1.165, 1.54) is 0 Å². The summed E-state index contributed by atoms with van der Waals surface area (Å²) in [5, 5.41) is 12.0. The van der Waals surface area contributed by atoms with Crippen molar-refractivity contribution < 1.29 is 9.90 Å². The minimum atomic E-state index is -0.696. The molecule has 4 heteroatoms. The molecule has 0 aliphatic carbocycles. The predicted molar refractivity (Wildman–Crippen MR) is 72.6 cm³/mol. The van der Waals surface area contributed by atoms with E-state index in [0.29, 0.717) is 5.92 Å². The van der Waals surface area contributed by atoms with Gasteiger partial charge in [-0.15, -0.1) is 0 Å². The van der Waals surface area contributed by atoms with Crippen molar-refractivity contribution in [3.05, 3.63) is 24.5 Å². The lowest BCUT2D eigenvalue weighted by Gasteiger charge is -2.15. The highest BCUT2D eigenvalue weighted by Gasteiger charge is 2.09. The molecule has 18 heavy (non-hydrogen) atoms. The number of rotatable bonds is 9. The van der Waals surface area contributed by atoms with E-state index < -0.39 is 5.97 Å². The second kappa shape index (κ2) is 8.50. The summed E-state index contributed by atoms with van der Waals surface area (Å²) < 4.78 is 0. The van der Waals surface area contributed by atoms with Gasteiger partial charge in [-0.3, -0.25) is 9.78 Å². The van der Waals surface area contributed by atoms with Gasteiger partial charge in [0.1, 0.15) is 0 Å². The van der Waals surface area contributed by atoms with Gasteiger partial charge >= 0.3 is 5.97 Å². The Morgan fingerprint density at radius 2 is 2.06 bits per heavy atom. The summed E-state index contributed by atoms with van der Waals surface area (Å²) in [5.41, 5.74) is 1.07. The van der Waals surface area contributed by atoms with Gasteiger partial charge < -0.3 is 10.4 Å². The number of aromatic nitrogens is 1. The second-order valence-electron chi connectivity index (χ2n) is 4.54. The monoisotopic (exact) mass is 250 g/mol. The molecule has 0 aliphatic heterocycles. The van der Waals surface area contributed by atoms with Crippen LogP contribution in [-0.2, 0) is 4.79 Å². The Morgan fingerprint density at radius 1 is 1.33 bits per heavy atom. The highest BCUT2D eigenvalue weighted by molar-refractivity contribution is 5.66. The van der Waals surface area contributed by atoms with Gasteiger partial charge in [0.15, 0.2) is 0 Å². The third-order valence-corrected chi connectivity index (χ3v) is 3.03. The van der Waals surface area contributed by atoms with Crippen LogP contribution in [0.1, 0.15) is 39.0 Å². The molecular formula is C14H22N2O2. The highest BCUT2D eigenvalue weighted by atomic mass is 16.4. The quantitative estimate of drug-likeness (QED) is 0.706. The zero-order chi connectivity index (χ0) is 13.2. The smallest absolute Gasteiger partial charge is 0.303 e. The molecule has 0 fully saturated rings. The van der Waals surface area contributed by atoms with E-state index in [4.69, 9.17) is 5.11 Å². The van der Waals surface area contributed by atoms with Gasteiger partial charge in [-0.25, -0.2) is 0 Å². The van der Waals surface area contributed by atoms with E-state index in [-0.39, 0.29) is 6.42 Å². The van der Waals surface area contributed by atoms with Crippen molar-refractivity contribution in [2.45, 2.75) is 39.0 Å². The summed E-state index contributed by atoms with van der Waals surface area (Å²) >= 11 is 0. The van der Waals surface area contributed by atoms with Gasteiger partial charge in [-0.1, -0.05) is 19.8 Å². The van der Waals surface area contributed by atoms with Gasteiger partial charge in [-0.05, 0) is 30.9 Å². The van der Waals surface area contributed by atoms with Crippen molar-refractivity contribution in [1.29, 1.82) is 0 Å². The molecule has 1 aromatic heterocycles. The first kappa shape index (κ1) is 14.5. The van der Waals surface area contributed by atoms with Gasteiger partial charge in [0.2, 0.25) is 0 Å². The van der Waals surface area contributed by atoms with E-state index in [9.17, 15) is 4.79 Å². The average Bonchev–Trinajstić information content (AvgIpc) is 2.37. The van der Waals surface area contributed by atoms with Crippen LogP contribution in [0.3, 0.4) is 0 Å². The van der Waals surface area contributed by atoms with Crippen molar-refractivity contribution in [2.24, 2.45) is 5.92 Å². The molecule has 0 bridgehead atoms.